The van der Waals surface area contributed by atoms with Crippen LogP contribution in [-0.2, 0) is 6.54 Å². The summed E-state index contributed by atoms with van der Waals surface area (Å²) in [6.45, 7) is 3.26. The zero-order valence-corrected chi connectivity index (χ0v) is 11.2. The number of aliphatic hydroxyl groups excluding tert-OH is 1. The zero-order chi connectivity index (χ0) is 14.3. The van der Waals surface area contributed by atoms with Gasteiger partial charge in [0.25, 0.3) is 0 Å². The number of nitrogens with one attached hydrogen (secondary N) is 1. The van der Waals surface area contributed by atoms with Crippen LogP contribution in [0.5, 0.6) is 0 Å². The van der Waals surface area contributed by atoms with Crippen molar-refractivity contribution in [2.24, 2.45) is 11.7 Å². The molecule has 0 heterocycles. The van der Waals surface area contributed by atoms with Gasteiger partial charge in [0.05, 0.1) is 0 Å². The lowest BCUT2D eigenvalue weighted by Crippen LogP contribution is -2.23. The number of carbonyl (C=O) groups excluding carboxylic acids is 1. The van der Waals surface area contributed by atoms with E-state index in [1.54, 1.807) is 0 Å². The van der Waals surface area contributed by atoms with Gasteiger partial charge in [0.2, 0.25) is 5.91 Å². The normalized spacial score (nSPS) is 12.4. The maximum absolute atomic E-state index is 13.6. The van der Waals surface area contributed by atoms with Gasteiger partial charge < -0.3 is 16.2 Å². The summed E-state index contributed by atoms with van der Waals surface area (Å²) in [5.74, 6) is -0.548. The van der Waals surface area contributed by atoms with Crippen LogP contribution in [-0.4, -0.2) is 24.2 Å². The molecule has 0 fully saturated rings. The second kappa shape index (κ2) is 7.86. The van der Waals surface area contributed by atoms with Crippen LogP contribution in [0.2, 0.25) is 0 Å². The maximum atomic E-state index is 13.6. The first-order valence-electron chi connectivity index (χ1n) is 6.48. The number of benzene rings is 1. The average Bonchev–Trinajstić information content (AvgIpc) is 2.39. The summed E-state index contributed by atoms with van der Waals surface area (Å²) in [7, 11) is 0. The number of aliphatic hydroxyl groups is 1. The van der Waals surface area contributed by atoms with E-state index < -0.39 is 5.91 Å². The Kier molecular flexibility index (Phi) is 6.45. The SMILES string of the molecule is CCC(CCO)CNCc1cc(C(N)=O)ccc1F. The molecule has 1 unspecified atom stereocenters. The molecule has 1 aromatic carbocycles. The van der Waals surface area contributed by atoms with Crippen LogP contribution >= 0.6 is 0 Å². The van der Waals surface area contributed by atoms with E-state index >= 15 is 0 Å². The van der Waals surface area contributed by atoms with Crippen molar-refractivity contribution in [3.05, 3.63) is 35.1 Å². The van der Waals surface area contributed by atoms with Gasteiger partial charge in [0.15, 0.2) is 0 Å². The molecule has 0 aliphatic rings. The van der Waals surface area contributed by atoms with Crippen molar-refractivity contribution >= 4 is 5.91 Å². The Labute approximate surface area is 112 Å². The number of hydrogen-bond acceptors (Lipinski definition) is 3. The third kappa shape index (κ3) is 4.96. The van der Waals surface area contributed by atoms with Gasteiger partial charge in [0.1, 0.15) is 5.82 Å². The number of rotatable bonds is 8. The van der Waals surface area contributed by atoms with Gasteiger partial charge in [-0.05, 0) is 37.1 Å². The molecule has 1 atom stereocenters. The van der Waals surface area contributed by atoms with Crippen LogP contribution in [0.4, 0.5) is 4.39 Å². The second-order valence-corrected chi connectivity index (χ2v) is 4.59. The Morgan fingerprint density at radius 1 is 1.53 bits per heavy atom. The third-order valence-corrected chi connectivity index (χ3v) is 3.19. The number of nitrogens with two attached hydrogens (primary N) is 1. The van der Waals surface area contributed by atoms with E-state index in [-0.39, 0.29) is 12.4 Å². The summed E-state index contributed by atoms with van der Waals surface area (Å²) >= 11 is 0. The molecular formula is C14H21FN2O2. The lowest BCUT2D eigenvalue weighted by Gasteiger charge is -2.14. The van der Waals surface area contributed by atoms with Gasteiger partial charge in [-0.25, -0.2) is 4.39 Å². The molecule has 0 saturated heterocycles. The Morgan fingerprint density at radius 3 is 2.84 bits per heavy atom. The van der Waals surface area contributed by atoms with Crippen LogP contribution in [0.3, 0.4) is 0 Å². The number of halogens is 1. The van der Waals surface area contributed by atoms with Crippen molar-refractivity contribution < 1.29 is 14.3 Å². The van der Waals surface area contributed by atoms with Crippen molar-refractivity contribution in [3.8, 4) is 0 Å². The van der Waals surface area contributed by atoms with Gasteiger partial charge in [-0.15, -0.1) is 0 Å². The third-order valence-electron chi connectivity index (χ3n) is 3.19. The summed E-state index contributed by atoms with van der Waals surface area (Å²) in [5.41, 5.74) is 5.89. The zero-order valence-electron chi connectivity index (χ0n) is 11.2. The first-order chi connectivity index (χ1) is 9.08. The molecule has 5 heteroatoms. The predicted molar refractivity (Wildman–Crippen MR) is 72.1 cm³/mol. The molecule has 1 amide bonds. The summed E-state index contributed by atoms with van der Waals surface area (Å²) in [4.78, 5) is 11.0. The molecule has 0 saturated carbocycles. The summed E-state index contributed by atoms with van der Waals surface area (Å²) in [5, 5.41) is 12.0. The van der Waals surface area contributed by atoms with E-state index in [1.807, 2.05) is 0 Å². The standard InChI is InChI=1S/C14H21FN2O2/c1-2-10(5-6-18)8-17-9-12-7-11(14(16)19)3-4-13(12)15/h3-4,7,10,17-18H,2,5-6,8-9H2,1H3,(H2,16,19). The Bertz CT molecular complexity index is 424. The molecule has 4 nitrogen and oxygen atoms in total. The Hall–Kier alpha value is -1.46. The minimum atomic E-state index is -0.562. The van der Waals surface area contributed by atoms with E-state index in [4.69, 9.17) is 10.8 Å². The van der Waals surface area contributed by atoms with Crippen molar-refractivity contribution in [1.29, 1.82) is 0 Å². The van der Waals surface area contributed by atoms with Crippen molar-refractivity contribution in [2.45, 2.75) is 26.3 Å². The molecule has 0 bridgehead atoms. The lowest BCUT2D eigenvalue weighted by atomic mass is 10.0. The molecule has 19 heavy (non-hydrogen) atoms. The molecule has 4 N–H and O–H groups in total. The fourth-order valence-corrected chi connectivity index (χ4v) is 1.91. The quantitative estimate of drug-likeness (QED) is 0.667. The van der Waals surface area contributed by atoms with Gasteiger partial charge >= 0.3 is 0 Å². The highest BCUT2D eigenvalue weighted by atomic mass is 19.1. The van der Waals surface area contributed by atoms with Gasteiger partial charge in [-0.3, -0.25) is 4.79 Å². The van der Waals surface area contributed by atoms with Crippen molar-refractivity contribution in [2.75, 3.05) is 13.2 Å². The highest BCUT2D eigenvalue weighted by Crippen LogP contribution is 2.11. The first-order valence-corrected chi connectivity index (χ1v) is 6.48. The number of carbonyl (C=O) groups is 1. The Balaban J connectivity index is 2.57. The van der Waals surface area contributed by atoms with E-state index in [2.05, 4.69) is 12.2 Å². The molecule has 1 rings (SSSR count). The molecule has 0 aromatic heterocycles. The minimum absolute atomic E-state index is 0.158. The summed E-state index contributed by atoms with van der Waals surface area (Å²) < 4.78 is 13.6. The smallest absolute Gasteiger partial charge is 0.248 e. The van der Waals surface area contributed by atoms with E-state index in [1.165, 1.54) is 18.2 Å². The molecule has 0 spiro atoms. The second-order valence-electron chi connectivity index (χ2n) is 4.59. The van der Waals surface area contributed by atoms with Gasteiger partial charge in [-0.2, -0.15) is 0 Å². The van der Waals surface area contributed by atoms with Crippen molar-refractivity contribution in [3.63, 3.8) is 0 Å². The minimum Gasteiger partial charge on any atom is -0.396 e. The van der Waals surface area contributed by atoms with Crippen LogP contribution in [0.1, 0.15) is 35.7 Å². The highest BCUT2D eigenvalue weighted by molar-refractivity contribution is 5.92. The molecule has 0 aliphatic carbocycles. The van der Waals surface area contributed by atoms with E-state index in [9.17, 15) is 9.18 Å². The average molecular weight is 268 g/mol. The lowest BCUT2D eigenvalue weighted by molar-refractivity contribution is 0.1000. The van der Waals surface area contributed by atoms with Crippen LogP contribution in [0.25, 0.3) is 0 Å². The summed E-state index contributed by atoms with van der Waals surface area (Å²) in [6, 6.07) is 4.10. The van der Waals surface area contributed by atoms with Crippen LogP contribution in [0.15, 0.2) is 18.2 Å². The molecule has 1 aromatic rings. The first kappa shape index (κ1) is 15.6. The number of amides is 1. The molecule has 106 valence electrons. The Morgan fingerprint density at radius 2 is 2.26 bits per heavy atom. The van der Waals surface area contributed by atoms with Gasteiger partial charge in [-0.1, -0.05) is 13.3 Å². The summed E-state index contributed by atoms with van der Waals surface area (Å²) in [6.07, 6.45) is 1.69. The molecule has 0 aliphatic heterocycles. The topological polar surface area (TPSA) is 75.3 Å². The van der Waals surface area contributed by atoms with Crippen LogP contribution < -0.4 is 11.1 Å². The highest BCUT2D eigenvalue weighted by Gasteiger charge is 2.09. The fraction of sp³-hybridized carbons (Fsp3) is 0.500. The molecule has 0 radical (unpaired) electrons. The fourth-order valence-electron chi connectivity index (χ4n) is 1.91. The van der Waals surface area contributed by atoms with E-state index in [0.29, 0.717) is 30.1 Å². The monoisotopic (exact) mass is 268 g/mol. The number of primary amides is 1. The van der Waals surface area contributed by atoms with Gasteiger partial charge in [0, 0.05) is 24.3 Å². The van der Waals surface area contributed by atoms with Crippen LogP contribution in [0, 0.1) is 11.7 Å². The van der Waals surface area contributed by atoms with Crippen molar-refractivity contribution in [1.82, 2.24) is 5.32 Å². The number of hydrogen-bond donors (Lipinski definition) is 3. The maximum Gasteiger partial charge on any atom is 0.248 e. The molecular weight excluding hydrogens is 247 g/mol. The largest absolute Gasteiger partial charge is 0.396 e. The van der Waals surface area contributed by atoms with E-state index in [0.717, 1.165) is 12.8 Å². The predicted octanol–water partition coefficient (Wildman–Crippen LogP) is 1.42.